The second kappa shape index (κ2) is 4.37. The van der Waals surface area contributed by atoms with Crippen LogP contribution < -0.4 is 5.73 Å². The Labute approximate surface area is 101 Å². The Morgan fingerprint density at radius 3 is 2.94 bits per heavy atom. The van der Waals surface area contributed by atoms with Crippen LogP contribution in [0.1, 0.15) is 33.1 Å². The lowest BCUT2D eigenvalue weighted by Crippen LogP contribution is -2.48. The van der Waals surface area contributed by atoms with Gasteiger partial charge in [-0.2, -0.15) is 0 Å². The Kier molecular flexibility index (Phi) is 3.26. The topological polar surface area (TPSA) is 56.7 Å². The largest absolute Gasteiger partial charge is 0.326 e. The number of rotatable bonds is 2. The first-order valence-corrected chi connectivity index (χ1v) is 6.65. The molecule has 1 heterocycles. The molecule has 2 N–H and O–H groups in total. The third-order valence-electron chi connectivity index (χ3n) is 3.54. The maximum atomic E-state index is 6.35. The Balaban J connectivity index is 2.08. The molecule has 0 bridgehead atoms. The molecule has 1 aromatic heterocycles. The van der Waals surface area contributed by atoms with Crippen molar-refractivity contribution in [2.24, 2.45) is 18.2 Å². The zero-order chi connectivity index (χ0) is 11.8. The molecule has 0 aromatic carbocycles. The highest BCUT2D eigenvalue weighted by atomic mass is 32.2. The van der Waals surface area contributed by atoms with E-state index in [0.717, 1.165) is 5.16 Å². The Hall–Kier alpha value is -0.550. The van der Waals surface area contributed by atoms with Crippen molar-refractivity contribution in [1.29, 1.82) is 0 Å². The van der Waals surface area contributed by atoms with E-state index in [4.69, 9.17) is 5.73 Å². The highest BCUT2D eigenvalue weighted by Crippen LogP contribution is 2.41. The first-order chi connectivity index (χ1) is 7.50. The predicted molar refractivity (Wildman–Crippen MR) is 66.3 cm³/mol. The molecule has 0 amide bonds. The zero-order valence-electron chi connectivity index (χ0n) is 10.2. The number of hydrogen-bond donors (Lipinski definition) is 1. The molecule has 0 spiro atoms. The number of hydrogen-bond acceptors (Lipinski definition) is 4. The molecule has 0 aliphatic heterocycles. The van der Waals surface area contributed by atoms with Crippen molar-refractivity contribution in [3.05, 3.63) is 6.33 Å². The summed E-state index contributed by atoms with van der Waals surface area (Å²) in [7, 11) is 1.97. The third-order valence-corrected chi connectivity index (χ3v) is 4.95. The standard InChI is InChI=1S/C11H20N4S/c1-11(2)6-4-5-8(9(11)12)16-10-14-13-7-15(10)3/h7-9H,4-6,12H2,1-3H3. The maximum Gasteiger partial charge on any atom is 0.191 e. The van der Waals surface area contributed by atoms with Crippen molar-refractivity contribution in [3.63, 3.8) is 0 Å². The normalized spacial score (nSPS) is 29.2. The van der Waals surface area contributed by atoms with E-state index >= 15 is 0 Å². The average Bonchev–Trinajstić information content (AvgIpc) is 2.60. The van der Waals surface area contributed by atoms with Crippen molar-refractivity contribution in [3.8, 4) is 0 Å². The van der Waals surface area contributed by atoms with E-state index in [1.165, 1.54) is 19.3 Å². The summed E-state index contributed by atoms with van der Waals surface area (Å²) in [5, 5.41) is 9.45. The van der Waals surface area contributed by atoms with Crippen LogP contribution in [0, 0.1) is 5.41 Å². The van der Waals surface area contributed by atoms with Crippen LogP contribution in [0.2, 0.25) is 0 Å². The molecule has 0 radical (unpaired) electrons. The van der Waals surface area contributed by atoms with Gasteiger partial charge < -0.3 is 10.3 Å². The molecule has 1 saturated carbocycles. The van der Waals surface area contributed by atoms with Gasteiger partial charge in [-0.3, -0.25) is 0 Å². The fourth-order valence-electron chi connectivity index (χ4n) is 2.26. The van der Waals surface area contributed by atoms with Crippen LogP contribution in [0.25, 0.3) is 0 Å². The minimum Gasteiger partial charge on any atom is -0.326 e. The van der Waals surface area contributed by atoms with Crippen LogP contribution in [0.15, 0.2) is 11.5 Å². The van der Waals surface area contributed by atoms with Crippen LogP contribution >= 0.6 is 11.8 Å². The molecule has 1 aliphatic rings. The number of nitrogens with zero attached hydrogens (tertiary/aromatic N) is 3. The molecule has 1 aliphatic carbocycles. The summed E-state index contributed by atoms with van der Waals surface area (Å²) >= 11 is 1.77. The molecular weight excluding hydrogens is 220 g/mol. The van der Waals surface area contributed by atoms with Crippen LogP contribution in [-0.2, 0) is 7.05 Å². The van der Waals surface area contributed by atoms with Gasteiger partial charge in [0.2, 0.25) is 0 Å². The molecule has 4 nitrogen and oxygen atoms in total. The van der Waals surface area contributed by atoms with Crippen LogP contribution in [0.3, 0.4) is 0 Å². The molecule has 5 heteroatoms. The fourth-order valence-corrected chi connectivity index (χ4v) is 3.63. The van der Waals surface area contributed by atoms with Crippen LogP contribution in [-0.4, -0.2) is 26.1 Å². The van der Waals surface area contributed by atoms with Crippen molar-refractivity contribution in [2.75, 3.05) is 0 Å². The van der Waals surface area contributed by atoms with Crippen molar-refractivity contribution >= 4 is 11.8 Å². The molecule has 1 aromatic rings. The molecule has 0 saturated heterocycles. The quantitative estimate of drug-likeness (QED) is 0.856. The van der Waals surface area contributed by atoms with Gasteiger partial charge in [0, 0.05) is 18.3 Å². The Bertz CT molecular complexity index is 361. The highest BCUT2D eigenvalue weighted by molar-refractivity contribution is 7.99. The van der Waals surface area contributed by atoms with E-state index in [0.29, 0.717) is 5.25 Å². The van der Waals surface area contributed by atoms with Gasteiger partial charge in [-0.15, -0.1) is 10.2 Å². The molecule has 2 unspecified atom stereocenters. The van der Waals surface area contributed by atoms with Gasteiger partial charge in [-0.25, -0.2) is 0 Å². The average molecular weight is 240 g/mol. The molecule has 16 heavy (non-hydrogen) atoms. The minimum absolute atomic E-state index is 0.239. The summed E-state index contributed by atoms with van der Waals surface area (Å²) in [5.41, 5.74) is 6.59. The van der Waals surface area contributed by atoms with Gasteiger partial charge in [-0.05, 0) is 18.3 Å². The number of aryl methyl sites for hydroxylation is 1. The van der Waals surface area contributed by atoms with E-state index < -0.39 is 0 Å². The van der Waals surface area contributed by atoms with Crippen LogP contribution in [0.5, 0.6) is 0 Å². The van der Waals surface area contributed by atoms with E-state index in [9.17, 15) is 0 Å². The lowest BCUT2D eigenvalue weighted by molar-refractivity contribution is 0.208. The molecule has 2 rings (SSSR count). The summed E-state index contributed by atoms with van der Waals surface area (Å²) in [6.45, 7) is 4.53. The Morgan fingerprint density at radius 1 is 1.56 bits per heavy atom. The van der Waals surface area contributed by atoms with Gasteiger partial charge in [-0.1, -0.05) is 32.0 Å². The van der Waals surface area contributed by atoms with Crippen molar-refractivity contribution in [2.45, 2.75) is 49.6 Å². The zero-order valence-corrected chi connectivity index (χ0v) is 11.0. The van der Waals surface area contributed by atoms with Gasteiger partial charge in [0.1, 0.15) is 6.33 Å². The van der Waals surface area contributed by atoms with E-state index in [1.54, 1.807) is 18.1 Å². The SMILES string of the molecule is Cn1cnnc1SC1CCCC(C)(C)C1N. The van der Waals surface area contributed by atoms with Crippen molar-refractivity contribution in [1.82, 2.24) is 14.8 Å². The van der Waals surface area contributed by atoms with Crippen LogP contribution in [0.4, 0.5) is 0 Å². The molecule has 90 valence electrons. The predicted octanol–water partition coefficient (Wildman–Crippen LogP) is 1.81. The first kappa shape index (κ1) is 11.9. The van der Waals surface area contributed by atoms with Crippen molar-refractivity contribution < 1.29 is 0 Å². The van der Waals surface area contributed by atoms with Gasteiger partial charge >= 0.3 is 0 Å². The van der Waals surface area contributed by atoms with E-state index in [-0.39, 0.29) is 11.5 Å². The summed E-state index contributed by atoms with van der Waals surface area (Å²) in [4.78, 5) is 0. The number of thioether (sulfide) groups is 1. The second-order valence-corrected chi connectivity index (χ2v) is 6.49. The summed E-state index contributed by atoms with van der Waals surface area (Å²) in [6.07, 6.45) is 5.41. The van der Waals surface area contributed by atoms with E-state index in [2.05, 4.69) is 24.0 Å². The van der Waals surface area contributed by atoms with Gasteiger partial charge in [0.15, 0.2) is 5.16 Å². The van der Waals surface area contributed by atoms with Gasteiger partial charge in [0.25, 0.3) is 0 Å². The molecule has 2 atom stereocenters. The second-order valence-electron chi connectivity index (χ2n) is 5.29. The lowest BCUT2D eigenvalue weighted by Gasteiger charge is -2.41. The highest BCUT2D eigenvalue weighted by Gasteiger charge is 2.37. The van der Waals surface area contributed by atoms with Gasteiger partial charge in [0.05, 0.1) is 0 Å². The minimum atomic E-state index is 0.239. The third kappa shape index (κ3) is 2.25. The Morgan fingerprint density at radius 2 is 2.31 bits per heavy atom. The number of nitrogens with two attached hydrogens (primary N) is 1. The smallest absolute Gasteiger partial charge is 0.191 e. The number of aromatic nitrogens is 3. The first-order valence-electron chi connectivity index (χ1n) is 5.77. The lowest BCUT2D eigenvalue weighted by atomic mass is 9.73. The van der Waals surface area contributed by atoms with E-state index in [1.807, 2.05) is 11.6 Å². The monoisotopic (exact) mass is 240 g/mol. The summed E-state index contributed by atoms with van der Waals surface area (Å²) in [5.74, 6) is 0. The summed E-state index contributed by atoms with van der Waals surface area (Å²) in [6, 6.07) is 0.239. The summed E-state index contributed by atoms with van der Waals surface area (Å²) < 4.78 is 1.96. The fraction of sp³-hybridized carbons (Fsp3) is 0.818. The molecular formula is C11H20N4S. The molecule has 1 fully saturated rings. The maximum absolute atomic E-state index is 6.35.